The van der Waals surface area contributed by atoms with Gasteiger partial charge in [0.15, 0.2) is 0 Å². The van der Waals surface area contributed by atoms with Gasteiger partial charge in [-0.05, 0) is 17.5 Å². The third kappa shape index (κ3) is 4.14. The monoisotopic (exact) mass is 305 g/mol. The summed E-state index contributed by atoms with van der Waals surface area (Å²) in [6.45, 7) is 0. The van der Waals surface area contributed by atoms with Crippen molar-refractivity contribution in [3.05, 3.63) is 29.2 Å². The van der Waals surface area contributed by atoms with E-state index in [-0.39, 0.29) is 5.91 Å². The zero-order valence-corrected chi connectivity index (χ0v) is 12.7. The van der Waals surface area contributed by atoms with Crippen molar-refractivity contribution < 1.29 is 9.21 Å². The van der Waals surface area contributed by atoms with Crippen LogP contribution >= 0.6 is 11.3 Å². The number of hydrogen-bond acceptors (Lipinski definition) is 5. The van der Waals surface area contributed by atoms with Crippen LogP contribution in [0, 0.1) is 5.92 Å². The standard InChI is InChI=1S/C15H19N3O2S/c19-13(8-12-6-7-20-10-12)16-15-18-17-14(21-15)9-11-4-2-1-3-5-11/h6-7,10-11H,1-5,8-9H2,(H,16,18,19). The lowest BCUT2D eigenvalue weighted by Crippen LogP contribution is -2.13. The van der Waals surface area contributed by atoms with Gasteiger partial charge < -0.3 is 9.73 Å². The summed E-state index contributed by atoms with van der Waals surface area (Å²) >= 11 is 1.49. The predicted octanol–water partition coefficient (Wildman–Crippen LogP) is 3.44. The van der Waals surface area contributed by atoms with Gasteiger partial charge in [-0.25, -0.2) is 0 Å². The Morgan fingerprint density at radius 3 is 2.95 bits per heavy atom. The molecule has 5 nitrogen and oxygen atoms in total. The van der Waals surface area contributed by atoms with Gasteiger partial charge in [-0.15, -0.1) is 10.2 Å². The van der Waals surface area contributed by atoms with Crippen LogP contribution in [0.25, 0.3) is 0 Å². The Kier molecular flexibility index (Phi) is 4.65. The average molecular weight is 305 g/mol. The third-order valence-electron chi connectivity index (χ3n) is 3.85. The highest BCUT2D eigenvalue weighted by Crippen LogP contribution is 2.28. The van der Waals surface area contributed by atoms with Gasteiger partial charge in [-0.2, -0.15) is 0 Å². The molecule has 0 aromatic carbocycles. The van der Waals surface area contributed by atoms with E-state index in [1.165, 1.54) is 43.4 Å². The summed E-state index contributed by atoms with van der Waals surface area (Å²) in [4.78, 5) is 11.9. The maximum Gasteiger partial charge on any atom is 0.230 e. The van der Waals surface area contributed by atoms with Gasteiger partial charge in [0.25, 0.3) is 0 Å². The molecule has 1 N–H and O–H groups in total. The Labute approximate surface area is 127 Å². The first-order chi connectivity index (χ1) is 10.3. The van der Waals surface area contributed by atoms with Crippen LogP contribution in [0.15, 0.2) is 23.0 Å². The van der Waals surface area contributed by atoms with E-state index < -0.39 is 0 Å². The van der Waals surface area contributed by atoms with Crippen LogP contribution in [0.4, 0.5) is 5.13 Å². The van der Waals surface area contributed by atoms with Crippen LogP contribution in [0.2, 0.25) is 0 Å². The Morgan fingerprint density at radius 1 is 1.33 bits per heavy atom. The van der Waals surface area contributed by atoms with E-state index in [0.29, 0.717) is 11.6 Å². The highest BCUT2D eigenvalue weighted by atomic mass is 32.1. The molecule has 2 aromatic heterocycles. The third-order valence-corrected chi connectivity index (χ3v) is 4.71. The number of aromatic nitrogens is 2. The maximum absolute atomic E-state index is 11.9. The smallest absolute Gasteiger partial charge is 0.230 e. The molecule has 1 amide bonds. The molecule has 0 atom stereocenters. The molecule has 3 rings (SSSR count). The molecule has 0 unspecified atom stereocenters. The molecule has 2 heterocycles. The van der Waals surface area contributed by atoms with Crippen molar-refractivity contribution in [1.82, 2.24) is 10.2 Å². The van der Waals surface area contributed by atoms with Gasteiger partial charge in [-0.3, -0.25) is 4.79 Å². The summed E-state index contributed by atoms with van der Waals surface area (Å²) in [6.07, 6.45) is 11.0. The Bertz CT molecular complexity index is 574. The second kappa shape index (κ2) is 6.85. The summed E-state index contributed by atoms with van der Waals surface area (Å²) in [5.41, 5.74) is 0.861. The molecule has 0 bridgehead atoms. The molecule has 1 aliphatic rings. The molecule has 1 aliphatic carbocycles. The molecular formula is C15H19N3O2S. The molecule has 6 heteroatoms. The van der Waals surface area contributed by atoms with E-state index in [2.05, 4.69) is 15.5 Å². The van der Waals surface area contributed by atoms with Crippen molar-refractivity contribution >= 4 is 22.4 Å². The first-order valence-corrected chi connectivity index (χ1v) is 8.24. The number of rotatable bonds is 5. The summed E-state index contributed by atoms with van der Waals surface area (Å²) in [5.74, 6) is 0.651. The number of hydrogen-bond donors (Lipinski definition) is 1. The van der Waals surface area contributed by atoms with Gasteiger partial charge in [0.05, 0.1) is 18.9 Å². The molecular weight excluding hydrogens is 286 g/mol. The minimum atomic E-state index is -0.0863. The van der Waals surface area contributed by atoms with Gasteiger partial charge in [0.2, 0.25) is 11.0 Å². The molecule has 1 fully saturated rings. The van der Waals surface area contributed by atoms with E-state index in [0.717, 1.165) is 22.9 Å². The lowest BCUT2D eigenvalue weighted by Gasteiger charge is -2.19. The minimum absolute atomic E-state index is 0.0863. The van der Waals surface area contributed by atoms with Gasteiger partial charge in [0.1, 0.15) is 5.01 Å². The number of amides is 1. The van der Waals surface area contributed by atoms with Crippen molar-refractivity contribution in [2.45, 2.75) is 44.9 Å². The number of nitrogens with zero attached hydrogens (tertiary/aromatic N) is 2. The fourth-order valence-corrected chi connectivity index (χ4v) is 3.64. The van der Waals surface area contributed by atoms with Gasteiger partial charge in [0, 0.05) is 6.42 Å². The highest BCUT2D eigenvalue weighted by molar-refractivity contribution is 7.15. The fourth-order valence-electron chi connectivity index (χ4n) is 2.77. The maximum atomic E-state index is 11.9. The quantitative estimate of drug-likeness (QED) is 0.919. The van der Waals surface area contributed by atoms with E-state index >= 15 is 0 Å². The van der Waals surface area contributed by atoms with E-state index in [9.17, 15) is 4.79 Å². The zero-order valence-electron chi connectivity index (χ0n) is 11.9. The Morgan fingerprint density at radius 2 is 2.19 bits per heavy atom. The second-order valence-corrected chi connectivity index (χ2v) is 6.63. The van der Waals surface area contributed by atoms with Crippen LogP contribution in [-0.4, -0.2) is 16.1 Å². The largest absolute Gasteiger partial charge is 0.472 e. The number of furan rings is 1. The van der Waals surface area contributed by atoms with Crippen molar-refractivity contribution in [3.63, 3.8) is 0 Å². The summed E-state index contributed by atoms with van der Waals surface area (Å²) in [5, 5.41) is 12.7. The Balaban J connectivity index is 1.51. The second-order valence-electron chi connectivity index (χ2n) is 5.57. The topological polar surface area (TPSA) is 68.0 Å². The van der Waals surface area contributed by atoms with Crippen molar-refractivity contribution in [1.29, 1.82) is 0 Å². The molecule has 1 saturated carbocycles. The predicted molar refractivity (Wildman–Crippen MR) is 81.2 cm³/mol. The molecule has 112 valence electrons. The molecule has 0 aliphatic heterocycles. The van der Waals surface area contributed by atoms with Crippen molar-refractivity contribution in [3.8, 4) is 0 Å². The summed E-state index contributed by atoms with van der Waals surface area (Å²) < 4.78 is 4.95. The normalized spacial score (nSPS) is 16.0. The summed E-state index contributed by atoms with van der Waals surface area (Å²) in [7, 11) is 0. The first-order valence-electron chi connectivity index (χ1n) is 7.43. The van der Waals surface area contributed by atoms with Gasteiger partial charge in [-0.1, -0.05) is 43.4 Å². The number of carbonyl (C=O) groups excluding carboxylic acids is 1. The van der Waals surface area contributed by atoms with Crippen LogP contribution < -0.4 is 5.32 Å². The number of nitrogens with one attached hydrogen (secondary N) is 1. The molecule has 2 aromatic rings. The first kappa shape index (κ1) is 14.3. The fraction of sp³-hybridized carbons (Fsp3) is 0.533. The zero-order chi connectivity index (χ0) is 14.5. The van der Waals surface area contributed by atoms with Gasteiger partial charge >= 0.3 is 0 Å². The van der Waals surface area contributed by atoms with E-state index in [1.54, 1.807) is 18.6 Å². The SMILES string of the molecule is O=C(Cc1ccoc1)Nc1nnc(CC2CCCCC2)s1. The summed E-state index contributed by atoms with van der Waals surface area (Å²) in [6, 6.07) is 1.79. The minimum Gasteiger partial charge on any atom is -0.472 e. The number of carbonyl (C=O) groups is 1. The lowest BCUT2D eigenvalue weighted by molar-refractivity contribution is -0.115. The van der Waals surface area contributed by atoms with E-state index in [4.69, 9.17) is 4.42 Å². The molecule has 0 spiro atoms. The van der Waals surface area contributed by atoms with Crippen LogP contribution in [0.1, 0.15) is 42.7 Å². The number of anilines is 1. The van der Waals surface area contributed by atoms with Crippen LogP contribution in [0.5, 0.6) is 0 Å². The molecule has 0 saturated heterocycles. The lowest BCUT2D eigenvalue weighted by atomic mass is 9.87. The van der Waals surface area contributed by atoms with Crippen molar-refractivity contribution in [2.24, 2.45) is 5.92 Å². The highest BCUT2D eigenvalue weighted by Gasteiger charge is 2.17. The molecule has 21 heavy (non-hydrogen) atoms. The van der Waals surface area contributed by atoms with Crippen LogP contribution in [0.3, 0.4) is 0 Å². The Hall–Kier alpha value is -1.69. The molecule has 0 radical (unpaired) electrons. The average Bonchev–Trinajstić information content (AvgIpc) is 3.12. The van der Waals surface area contributed by atoms with E-state index in [1.807, 2.05) is 0 Å². The van der Waals surface area contributed by atoms with Crippen molar-refractivity contribution in [2.75, 3.05) is 5.32 Å². The van der Waals surface area contributed by atoms with Crippen LogP contribution in [-0.2, 0) is 17.6 Å².